The lowest BCUT2D eigenvalue weighted by atomic mass is 10.1. The topological polar surface area (TPSA) is 56.0 Å². The minimum Gasteiger partial charge on any atom is -0.396 e. The van der Waals surface area contributed by atoms with E-state index in [9.17, 15) is 0 Å². The Morgan fingerprint density at radius 3 is 2.80 bits per heavy atom. The fourth-order valence-corrected chi connectivity index (χ4v) is 0.796. The molecule has 0 aromatic rings. The molecule has 2 N–H and O–H groups in total. The van der Waals surface area contributed by atoms with Crippen molar-refractivity contribution in [3.8, 4) is 6.07 Å². The van der Waals surface area contributed by atoms with Crippen LogP contribution in [0.1, 0.15) is 19.8 Å². The molecule has 3 nitrogen and oxygen atoms in total. The molecule has 0 saturated carbocycles. The Balaban J connectivity index is 3.32. The molecule has 0 radical (unpaired) electrons. The summed E-state index contributed by atoms with van der Waals surface area (Å²) in [5.74, 6) is 0. The Kier molecular flexibility index (Phi) is 6.14. The average molecular weight is 142 g/mol. The number of hydrogen-bond acceptors (Lipinski definition) is 3. The van der Waals surface area contributed by atoms with Gasteiger partial charge < -0.3 is 10.4 Å². The average Bonchev–Trinajstić information content (AvgIpc) is 1.98. The van der Waals surface area contributed by atoms with Gasteiger partial charge in [-0.25, -0.2) is 0 Å². The Morgan fingerprint density at radius 2 is 2.40 bits per heavy atom. The zero-order valence-electron chi connectivity index (χ0n) is 6.30. The molecule has 0 aliphatic carbocycles. The number of nitriles is 1. The zero-order chi connectivity index (χ0) is 7.82. The van der Waals surface area contributed by atoms with Gasteiger partial charge in [-0.2, -0.15) is 5.26 Å². The highest BCUT2D eigenvalue weighted by molar-refractivity contribution is 4.76. The third-order valence-electron chi connectivity index (χ3n) is 1.44. The van der Waals surface area contributed by atoms with Crippen LogP contribution in [0.2, 0.25) is 0 Å². The van der Waals surface area contributed by atoms with Gasteiger partial charge in [0.2, 0.25) is 0 Å². The standard InChI is InChI=1S/C7H14N2O/c1-2-7(3-6-10)9-5-4-8/h7,9-10H,2-3,5-6H2,1H3. The van der Waals surface area contributed by atoms with Crippen LogP contribution < -0.4 is 5.32 Å². The van der Waals surface area contributed by atoms with Gasteiger partial charge in [0.05, 0.1) is 12.6 Å². The summed E-state index contributed by atoms with van der Waals surface area (Å²) in [5.41, 5.74) is 0. The molecule has 1 atom stereocenters. The molecule has 0 rings (SSSR count). The first-order chi connectivity index (χ1) is 4.85. The molecule has 0 amide bonds. The summed E-state index contributed by atoms with van der Waals surface area (Å²) in [4.78, 5) is 0. The van der Waals surface area contributed by atoms with Crippen LogP contribution in [0.15, 0.2) is 0 Å². The quantitative estimate of drug-likeness (QED) is 0.541. The van der Waals surface area contributed by atoms with Crippen molar-refractivity contribution in [1.29, 1.82) is 5.26 Å². The van der Waals surface area contributed by atoms with Crippen LogP contribution in [0.4, 0.5) is 0 Å². The Morgan fingerprint density at radius 1 is 1.70 bits per heavy atom. The van der Waals surface area contributed by atoms with Gasteiger partial charge in [0, 0.05) is 12.6 Å². The Labute approximate surface area is 61.7 Å². The van der Waals surface area contributed by atoms with Gasteiger partial charge in [-0.3, -0.25) is 0 Å². The van der Waals surface area contributed by atoms with Crippen LogP contribution >= 0.6 is 0 Å². The number of nitrogens with zero attached hydrogens (tertiary/aromatic N) is 1. The van der Waals surface area contributed by atoms with Crippen molar-refractivity contribution >= 4 is 0 Å². The molecular weight excluding hydrogens is 128 g/mol. The van der Waals surface area contributed by atoms with E-state index in [-0.39, 0.29) is 6.61 Å². The van der Waals surface area contributed by atoms with Crippen molar-refractivity contribution < 1.29 is 5.11 Å². The van der Waals surface area contributed by atoms with E-state index < -0.39 is 0 Å². The second kappa shape index (κ2) is 6.53. The van der Waals surface area contributed by atoms with E-state index in [1.165, 1.54) is 0 Å². The molecule has 0 spiro atoms. The van der Waals surface area contributed by atoms with Gasteiger partial charge in [0.1, 0.15) is 0 Å². The monoisotopic (exact) mass is 142 g/mol. The summed E-state index contributed by atoms with van der Waals surface area (Å²) in [6.45, 7) is 2.60. The highest BCUT2D eigenvalue weighted by atomic mass is 16.3. The first-order valence-corrected chi connectivity index (χ1v) is 3.56. The predicted molar refractivity (Wildman–Crippen MR) is 39.4 cm³/mol. The minimum absolute atomic E-state index is 0.191. The van der Waals surface area contributed by atoms with E-state index in [0.29, 0.717) is 12.6 Å². The van der Waals surface area contributed by atoms with Gasteiger partial charge in [0.15, 0.2) is 0 Å². The third-order valence-corrected chi connectivity index (χ3v) is 1.44. The molecule has 3 heteroatoms. The van der Waals surface area contributed by atoms with E-state index in [0.717, 1.165) is 12.8 Å². The smallest absolute Gasteiger partial charge is 0.0843 e. The number of aliphatic hydroxyl groups excluding tert-OH is 1. The molecule has 0 aliphatic rings. The second-order valence-electron chi connectivity index (χ2n) is 2.16. The normalized spacial score (nSPS) is 12.5. The summed E-state index contributed by atoms with van der Waals surface area (Å²) < 4.78 is 0. The largest absolute Gasteiger partial charge is 0.396 e. The Hall–Kier alpha value is -0.590. The van der Waals surface area contributed by atoms with Gasteiger partial charge in [-0.1, -0.05) is 6.92 Å². The van der Waals surface area contributed by atoms with E-state index in [1.54, 1.807) is 0 Å². The molecule has 1 unspecified atom stereocenters. The lowest BCUT2D eigenvalue weighted by Crippen LogP contribution is -2.29. The summed E-state index contributed by atoms with van der Waals surface area (Å²) in [7, 11) is 0. The van der Waals surface area contributed by atoms with Gasteiger partial charge in [0.25, 0.3) is 0 Å². The van der Waals surface area contributed by atoms with Crippen molar-refractivity contribution in [3.05, 3.63) is 0 Å². The van der Waals surface area contributed by atoms with E-state index in [4.69, 9.17) is 10.4 Å². The Bertz CT molecular complexity index is 109. The fourth-order valence-electron chi connectivity index (χ4n) is 0.796. The lowest BCUT2D eigenvalue weighted by Gasteiger charge is -2.11. The van der Waals surface area contributed by atoms with Crippen LogP contribution in [0.25, 0.3) is 0 Å². The maximum atomic E-state index is 8.54. The first-order valence-electron chi connectivity index (χ1n) is 3.56. The summed E-state index contributed by atoms with van der Waals surface area (Å²) in [6, 6.07) is 2.29. The van der Waals surface area contributed by atoms with Crippen LogP contribution in [0.3, 0.4) is 0 Å². The third kappa shape index (κ3) is 4.30. The van der Waals surface area contributed by atoms with Gasteiger partial charge >= 0.3 is 0 Å². The highest BCUT2D eigenvalue weighted by Crippen LogP contribution is 1.94. The van der Waals surface area contributed by atoms with Gasteiger partial charge in [-0.05, 0) is 12.8 Å². The molecule has 0 aromatic heterocycles. The van der Waals surface area contributed by atoms with Crippen LogP contribution in [-0.4, -0.2) is 24.3 Å². The van der Waals surface area contributed by atoms with Crippen molar-refractivity contribution in [2.24, 2.45) is 0 Å². The molecule has 0 aromatic carbocycles. The number of hydrogen-bond donors (Lipinski definition) is 2. The number of rotatable bonds is 5. The van der Waals surface area contributed by atoms with E-state index in [1.807, 2.05) is 13.0 Å². The van der Waals surface area contributed by atoms with Crippen molar-refractivity contribution in [2.45, 2.75) is 25.8 Å². The molecule has 0 heterocycles. The molecule has 0 aliphatic heterocycles. The second-order valence-corrected chi connectivity index (χ2v) is 2.16. The molecule has 0 saturated heterocycles. The van der Waals surface area contributed by atoms with Crippen LogP contribution in [0.5, 0.6) is 0 Å². The van der Waals surface area contributed by atoms with E-state index >= 15 is 0 Å². The first kappa shape index (κ1) is 9.41. The summed E-state index contributed by atoms with van der Waals surface area (Å²) in [5, 5.41) is 19.7. The number of aliphatic hydroxyl groups is 1. The fraction of sp³-hybridized carbons (Fsp3) is 0.857. The summed E-state index contributed by atoms with van der Waals surface area (Å²) in [6.07, 6.45) is 1.69. The molecule has 10 heavy (non-hydrogen) atoms. The lowest BCUT2D eigenvalue weighted by molar-refractivity contribution is 0.264. The zero-order valence-corrected chi connectivity index (χ0v) is 6.30. The van der Waals surface area contributed by atoms with Crippen molar-refractivity contribution in [3.63, 3.8) is 0 Å². The SMILES string of the molecule is CCC(CCO)NCC#N. The van der Waals surface area contributed by atoms with Crippen molar-refractivity contribution in [2.75, 3.05) is 13.2 Å². The highest BCUT2D eigenvalue weighted by Gasteiger charge is 2.01. The van der Waals surface area contributed by atoms with E-state index in [2.05, 4.69) is 5.32 Å². The van der Waals surface area contributed by atoms with Crippen LogP contribution in [0, 0.1) is 11.3 Å². The maximum Gasteiger partial charge on any atom is 0.0843 e. The van der Waals surface area contributed by atoms with Crippen LogP contribution in [-0.2, 0) is 0 Å². The maximum absolute atomic E-state index is 8.54. The molecular formula is C7H14N2O. The minimum atomic E-state index is 0.191. The molecule has 0 bridgehead atoms. The summed E-state index contributed by atoms with van der Waals surface area (Å²) >= 11 is 0. The predicted octanol–water partition coefficient (Wildman–Crippen LogP) is 0.261. The number of nitrogens with one attached hydrogen (secondary N) is 1. The van der Waals surface area contributed by atoms with Crippen molar-refractivity contribution in [1.82, 2.24) is 5.32 Å². The molecule has 58 valence electrons. The molecule has 0 fully saturated rings. The van der Waals surface area contributed by atoms with Gasteiger partial charge in [-0.15, -0.1) is 0 Å².